The average molecular weight is 1090 g/mol. The van der Waals surface area contributed by atoms with E-state index in [1.807, 2.05) is 51.1 Å². The Labute approximate surface area is 423 Å². The molecule has 7 rings (SSSR count). The number of rotatable bonds is 12. The molecule has 0 spiro atoms. The number of alkyl halides is 7. The number of thiocarbonyl (C=S) groups is 1. The van der Waals surface area contributed by atoms with Crippen molar-refractivity contribution < 1.29 is 48.7 Å². The van der Waals surface area contributed by atoms with Crippen molar-refractivity contribution in [1.82, 2.24) is 10.3 Å². The molecule has 71 heavy (non-hydrogen) atoms. The second kappa shape index (κ2) is 24.3. The van der Waals surface area contributed by atoms with E-state index in [2.05, 4.69) is 31.5 Å². The van der Waals surface area contributed by atoms with Crippen LogP contribution >= 0.6 is 39.5 Å². The molecule has 0 amide bonds. The summed E-state index contributed by atoms with van der Waals surface area (Å²) in [7, 11) is 0. The summed E-state index contributed by atoms with van der Waals surface area (Å²) in [5, 5.41) is 6.43. The van der Waals surface area contributed by atoms with Crippen LogP contribution < -0.4 is 16.4 Å². The van der Waals surface area contributed by atoms with Crippen LogP contribution in [0.15, 0.2) is 146 Å². The van der Waals surface area contributed by atoms with Crippen LogP contribution in [0.2, 0.25) is 0 Å². The fourth-order valence-electron chi connectivity index (χ4n) is 7.31. The van der Waals surface area contributed by atoms with Gasteiger partial charge in [-0.1, -0.05) is 108 Å². The van der Waals surface area contributed by atoms with Crippen molar-refractivity contribution in [2.75, 3.05) is 5.32 Å². The quantitative estimate of drug-likeness (QED) is 0.0643. The molecule has 0 saturated heterocycles. The lowest BCUT2D eigenvalue weighted by molar-refractivity contribution is -0.138. The van der Waals surface area contributed by atoms with E-state index < -0.39 is 57.8 Å². The number of benzene rings is 6. The molecule has 0 fully saturated rings. The molecule has 376 valence electrons. The highest BCUT2D eigenvalue weighted by Gasteiger charge is 2.41. The molecular formula is C53H49BrF10N4OS2. The monoisotopic (exact) mass is 1090 g/mol. The first-order valence-electron chi connectivity index (χ1n) is 21.1. The first-order valence-corrected chi connectivity index (χ1v) is 23.3. The van der Waals surface area contributed by atoms with Crippen LogP contribution in [0.5, 0.6) is 0 Å². The van der Waals surface area contributed by atoms with Gasteiger partial charge in [0, 0.05) is 17.7 Å². The first kappa shape index (κ1) is 57.5. The normalized spacial score (nSPS) is 13.3. The number of aromatic nitrogens is 1. The Hall–Kier alpha value is -6.11. The SMILES string of the molecule is C.CC(=O)C(C)Br.Cc1nc(N[C@@](Cc2ccccc2)(c2ccc(F)cc2)c2cc(F)cc(C(F)(F)F)c2)sc1C.NC(=S)N[C@@](Cc1ccccc1)(c1ccc(F)cc1)c1cc(F)cc(C(F)(F)F)c1. The van der Waals surface area contributed by atoms with E-state index in [1.165, 1.54) is 59.9 Å². The number of nitrogens with two attached hydrogens (primary N) is 1. The second-order valence-electron chi connectivity index (χ2n) is 16.1. The van der Waals surface area contributed by atoms with Gasteiger partial charge in [-0.2, -0.15) is 26.3 Å². The largest absolute Gasteiger partial charge is 0.416 e. The molecule has 1 unspecified atom stereocenters. The number of nitrogens with one attached hydrogen (secondary N) is 2. The van der Waals surface area contributed by atoms with E-state index in [0.717, 1.165) is 46.0 Å². The van der Waals surface area contributed by atoms with Crippen LogP contribution in [0.3, 0.4) is 0 Å². The average Bonchev–Trinajstić information content (AvgIpc) is 3.61. The predicted molar refractivity (Wildman–Crippen MR) is 268 cm³/mol. The summed E-state index contributed by atoms with van der Waals surface area (Å²) >= 11 is 9.44. The van der Waals surface area contributed by atoms with Crippen molar-refractivity contribution >= 4 is 55.5 Å². The zero-order valence-corrected chi connectivity index (χ0v) is 41.0. The Bertz CT molecular complexity index is 2840. The molecule has 18 heteroatoms. The van der Waals surface area contributed by atoms with Crippen molar-refractivity contribution in [3.63, 3.8) is 0 Å². The van der Waals surface area contributed by atoms with Crippen LogP contribution in [-0.2, 0) is 41.1 Å². The van der Waals surface area contributed by atoms with Gasteiger partial charge in [0.2, 0.25) is 0 Å². The fraction of sp³-hybridized carbons (Fsp3) is 0.226. The molecule has 0 bridgehead atoms. The standard InChI is InChI=1S/C26H21F5N2S.C22H17F5N2S.C4H7BrO.CH4/c1-16-17(2)34-24(32-16)33-25(15-18-6-4-3-5-7-18,19-8-10-22(27)11-9-19)20-12-21(26(29,30)31)14-23(28)13-20;23-18-8-6-15(7-9-18)21(29-20(28)30,13-14-4-2-1-3-5-14)16-10-17(22(25,26)27)12-19(24)11-16;1-3(5)4(2)6;/h3-14H,15H2,1-2H3,(H,32,33);1-12H,13H2,(H3,28,29,30);3H,1-2H3;1H4/t25-;21-;;/m00../s1. The minimum atomic E-state index is -4.76. The van der Waals surface area contributed by atoms with Crippen LogP contribution in [0.4, 0.5) is 49.0 Å². The Morgan fingerprint density at radius 2 is 0.986 bits per heavy atom. The summed E-state index contributed by atoms with van der Waals surface area (Å²) in [6, 6.07) is 33.3. The van der Waals surface area contributed by atoms with E-state index in [4.69, 9.17) is 18.0 Å². The highest BCUT2D eigenvalue weighted by Crippen LogP contribution is 2.42. The van der Waals surface area contributed by atoms with Crippen molar-refractivity contribution in [1.29, 1.82) is 0 Å². The molecule has 0 radical (unpaired) electrons. The number of ketones is 1. The van der Waals surface area contributed by atoms with E-state index in [1.54, 1.807) is 37.3 Å². The lowest BCUT2D eigenvalue weighted by atomic mass is 9.77. The minimum absolute atomic E-state index is 0. The van der Waals surface area contributed by atoms with Crippen LogP contribution in [0, 0.1) is 37.1 Å². The highest BCUT2D eigenvalue weighted by atomic mass is 79.9. The summed E-state index contributed by atoms with van der Waals surface area (Å²) < 4.78 is 137. The number of thiazole rings is 1. The number of carbonyl (C=O) groups is 1. The molecule has 5 nitrogen and oxygen atoms in total. The molecule has 0 aliphatic carbocycles. The molecule has 1 aromatic heterocycles. The topological polar surface area (TPSA) is 80.0 Å². The summed E-state index contributed by atoms with van der Waals surface area (Å²) in [5.41, 5.74) is 3.79. The van der Waals surface area contributed by atoms with E-state index in [9.17, 15) is 48.7 Å². The van der Waals surface area contributed by atoms with E-state index in [-0.39, 0.29) is 47.1 Å². The molecule has 0 saturated carbocycles. The number of Topliss-reactive ketones (excluding diaryl/α,β-unsaturated/α-hetero) is 1. The second-order valence-corrected chi connectivity index (χ2v) is 19.1. The van der Waals surface area contributed by atoms with Crippen molar-refractivity contribution in [3.8, 4) is 0 Å². The molecule has 6 aromatic carbocycles. The Morgan fingerprint density at radius 3 is 1.34 bits per heavy atom. The number of halogens is 11. The molecule has 3 atom stereocenters. The van der Waals surface area contributed by atoms with Crippen LogP contribution in [0.25, 0.3) is 0 Å². The number of hydrogen-bond acceptors (Lipinski definition) is 5. The molecule has 7 aromatic rings. The summed E-state index contributed by atoms with van der Waals surface area (Å²) in [4.78, 5) is 15.6. The van der Waals surface area contributed by atoms with Gasteiger partial charge in [-0.3, -0.25) is 4.79 Å². The highest BCUT2D eigenvalue weighted by molar-refractivity contribution is 9.10. The van der Waals surface area contributed by atoms with Gasteiger partial charge < -0.3 is 16.4 Å². The maximum atomic E-state index is 14.6. The van der Waals surface area contributed by atoms with Crippen LogP contribution in [-0.4, -0.2) is 20.7 Å². The number of carbonyl (C=O) groups excluding carboxylic acids is 1. The Morgan fingerprint density at radius 1 is 0.620 bits per heavy atom. The molecule has 1 heterocycles. The molecular weight excluding hydrogens is 1040 g/mol. The third-order valence-electron chi connectivity index (χ3n) is 11.0. The Kier molecular flexibility index (Phi) is 19.7. The van der Waals surface area contributed by atoms with Gasteiger partial charge in [-0.15, -0.1) is 11.3 Å². The third-order valence-corrected chi connectivity index (χ3v) is 12.7. The van der Waals surface area contributed by atoms with Gasteiger partial charge in [0.1, 0.15) is 29.1 Å². The molecule has 4 N–H and O–H groups in total. The fourth-order valence-corrected chi connectivity index (χ4v) is 8.38. The van der Waals surface area contributed by atoms with E-state index in [0.29, 0.717) is 28.4 Å². The number of anilines is 1. The zero-order valence-electron chi connectivity index (χ0n) is 37.8. The summed E-state index contributed by atoms with van der Waals surface area (Å²) in [6.45, 7) is 7.08. The van der Waals surface area contributed by atoms with Crippen molar-refractivity contribution in [2.24, 2.45) is 5.73 Å². The van der Waals surface area contributed by atoms with Gasteiger partial charge in [0.05, 0.1) is 32.7 Å². The number of hydrogen-bond donors (Lipinski definition) is 3. The zero-order chi connectivity index (χ0) is 51.6. The Balaban J connectivity index is 0.000000275. The molecule has 0 aliphatic rings. The van der Waals surface area contributed by atoms with Crippen molar-refractivity contribution in [3.05, 3.63) is 224 Å². The third kappa shape index (κ3) is 15.4. The van der Waals surface area contributed by atoms with Crippen molar-refractivity contribution in [2.45, 2.75) is 76.2 Å². The van der Waals surface area contributed by atoms with Gasteiger partial charge in [-0.25, -0.2) is 22.5 Å². The summed E-state index contributed by atoms with van der Waals surface area (Å²) in [6.07, 6.45) is -9.26. The van der Waals surface area contributed by atoms with Gasteiger partial charge in [0.15, 0.2) is 10.2 Å². The number of nitrogens with zero attached hydrogens (tertiary/aromatic N) is 1. The van der Waals surface area contributed by atoms with Gasteiger partial charge in [-0.05, 0) is 134 Å². The predicted octanol–water partition coefficient (Wildman–Crippen LogP) is 15.0. The van der Waals surface area contributed by atoms with Crippen LogP contribution in [0.1, 0.15) is 76.4 Å². The van der Waals surface area contributed by atoms with Gasteiger partial charge >= 0.3 is 12.4 Å². The lowest BCUT2D eigenvalue weighted by Crippen LogP contribution is -2.50. The first-order chi connectivity index (χ1) is 32.8. The maximum absolute atomic E-state index is 14.6. The van der Waals surface area contributed by atoms with Gasteiger partial charge in [0.25, 0.3) is 0 Å². The summed E-state index contributed by atoms with van der Waals surface area (Å²) in [5.74, 6) is -2.93. The molecule has 0 aliphatic heterocycles. The minimum Gasteiger partial charge on any atom is -0.376 e. The maximum Gasteiger partial charge on any atom is 0.416 e. The smallest absolute Gasteiger partial charge is 0.376 e. The van der Waals surface area contributed by atoms with E-state index >= 15 is 0 Å². The number of aryl methyl sites for hydroxylation is 2. The lowest BCUT2D eigenvalue weighted by Gasteiger charge is -2.37.